The van der Waals surface area contributed by atoms with Gasteiger partial charge in [0, 0.05) is 33.0 Å². The molecule has 1 amide bonds. The van der Waals surface area contributed by atoms with Crippen molar-refractivity contribution in [3.63, 3.8) is 0 Å². The van der Waals surface area contributed by atoms with Crippen LogP contribution in [-0.2, 0) is 23.1 Å². The number of ether oxygens (including phenoxy) is 1. The van der Waals surface area contributed by atoms with E-state index >= 15 is 0 Å². The number of hydrogen-bond acceptors (Lipinski definition) is 7. The van der Waals surface area contributed by atoms with Crippen LogP contribution < -0.4 is 5.32 Å². The fraction of sp³-hybridized carbons (Fsp3) is 0.615. The number of carbonyl (C=O) groups is 1. The standard InChI is InChI=1S/C13H19N7O2S/c1-19-13(16-17-18-19)23-9-12(21)15-11-6-14-20(8-11)7-10-2-4-22-5-3-10/h6,8,10H,2-5,7,9H2,1H3,(H,15,21). The molecule has 1 aliphatic heterocycles. The normalized spacial score (nSPS) is 15.7. The lowest BCUT2D eigenvalue weighted by atomic mass is 10.0. The van der Waals surface area contributed by atoms with E-state index in [0.717, 1.165) is 32.6 Å². The summed E-state index contributed by atoms with van der Waals surface area (Å²) in [7, 11) is 1.74. The van der Waals surface area contributed by atoms with Gasteiger partial charge in [-0.2, -0.15) is 5.10 Å². The van der Waals surface area contributed by atoms with E-state index in [-0.39, 0.29) is 11.7 Å². The van der Waals surface area contributed by atoms with Crippen molar-refractivity contribution in [2.75, 3.05) is 24.3 Å². The predicted octanol–water partition coefficient (Wildman–Crippen LogP) is 0.564. The van der Waals surface area contributed by atoms with E-state index < -0.39 is 0 Å². The third-order valence-electron chi connectivity index (χ3n) is 3.62. The van der Waals surface area contributed by atoms with Gasteiger partial charge in [0.05, 0.1) is 17.6 Å². The van der Waals surface area contributed by atoms with Crippen molar-refractivity contribution in [1.29, 1.82) is 0 Å². The Hall–Kier alpha value is -1.94. The summed E-state index contributed by atoms with van der Waals surface area (Å²) in [6.45, 7) is 2.51. The van der Waals surface area contributed by atoms with Crippen molar-refractivity contribution in [1.82, 2.24) is 30.0 Å². The molecule has 0 atom stereocenters. The average molecular weight is 337 g/mol. The third-order valence-corrected chi connectivity index (χ3v) is 4.63. The minimum Gasteiger partial charge on any atom is -0.381 e. The Bertz CT molecular complexity index is 650. The van der Waals surface area contributed by atoms with E-state index in [2.05, 4.69) is 25.9 Å². The molecule has 0 unspecified atom stereocenters. The van der Waals surface area contributed by atoms with Crippen molar-refractivity contribution in [2.24, 2.45) is 13.0 Å². The van der Waals surface area contributed by atoms with E-state index in [9.17, 15) is 4.79 Å². The molecular formula is C13H19N7O2S. The molecule has 0 bridgehead atoms. The van der Waals surface area contributed by atoms with Crippen molar-refractivity contribution < 1.29 is 9.53 Å². The highest BCUT2D eigenvalue weighted by atomic mass is 32.2. The number of amides is 1. The van der Waals surface area contributed by atoms with Crippen LogP contribution in [0.1, 0.15) is 12.8 Å². The van der Waals surface area contributed by atoms with Gasteiger partial charge in [0.15, 0.2) is 0 Å². The molecule has 10 heteroatoms. The summed E-state index contributed by atoms with van der Waals surface area (Å²) in [4.78, 5) is 12.0. The second-order valence-corrected chi connectivity index (χ2v) is 6.37. The zero-order valence-corrected chi connectivity index (χ0v) is 13.7. The molecule has 1 aliphatic rings. The Morgan fingerprint density at radius 2 is 2.30 bits per heavy atom. The number of nitrogens with zero attached hydrogens (tertiary/aromatic N) is 6. The van der Waals surface area contributed by atoms with Gasteiger partial charge in [0.1, 0.15) is 0 Å². The Balaban J connectivity index is 1.46. The highest BCUT2D eigenvalue weighted by Gasteiger charge is 2.15. The molecule has 3 heterocycles. The molecule has 1 saturated heterocycles. The molecule has 1 fully saturated rings. The Morgan fingerprint density at radius 3 is 3.04 bits per heavy atom. The second kappa shape index (κ2) is 7.55. The summed E-state index contributed by atoms with van der Waals surface area (Å²) < 4.78 is 8.77. The molecule has 2 aromatic heterocycles. The van der Waals surface area contributed by atoms with Gasteiger partial charge in [-0.15, -0.1) is 5.10 Å². The molecule has 2 aromatic rings. The maximum atomic E-state index is 12.0. The highest BCUT2D eigenvalue weighted by Crippen LogP contribution is 2.18. The molecule has 3 rings (SSSR count). The van der Waals surface area contributed by atoms with Gasteiger partial charge in [-0.05, 0) is 29.2 Å². The molecule has 9 nitrogen and oxygen atoms in total. The monoisotopic (exact) mass is 337 g/mol. The molecule has 0 radical (unpaired) electrons. The van der Waals surface area contributed by atoms with E-state index in [4.69, 9.17) is 4.74 Å². The fourth-order valence-electron chi connectivity index (χ4n) is 2.39. The maximum Gasteiger partial charge on any atom is 0.234 e. The largest absolute Gasteiger partial charge is 0.381 e. The topological polar surface area (TPSA) is 99.8 Å². The number of hydrogen-bond donors (Lipinski definition) is 1. The molecular weight excluding hydrogens is 318 g/mol. The minimum atomic E-state index is -0.108. The maximum absolute atomic E-state index is 12.0. The van der Waals surface area contributed by atoms with Crippen LogP contribution in [0.2, 0.25) is 0 Å². The van der Waals surface area contributed by atoms with Crippen LogP contribution in [-0.4, -0.2) is 54.9 Å². The first-order chi connectivity index (χ1) is 11.2. The van der Waals surface area contributed by atoms with Gasteiger partial charge in [-0.25, -0.2) is 4.68 Å². The summed E-state index contributed by atoms with van der Waals surface area (Å²) in [6, 6.07) is 0. The number of thioether (sulfide) groups is 1. The van der Waals surface area contributed by atoms with E-state index in [1.54, 1.807) is 13.2 Å². The van der Waals surface area contributed by atoms with Crippen LogP contribution in [0.4, 0.5) is 5.69 Å². The number of tetrazole rings is 1. The van der Waals surface area contributed by atoms with Crippen LogP contribution in [0.3, 0.4) is 0 Å². The number of rotatable bonds is 6. The third kappa shape index (κ3) is 4.52. The molecule has 0 aromatic carbocycles. The first-order valence-electron chi connectivity index (χ1n) is 7.46. The van der Waals surface area contributed by atoms with Crippen LogP contribution in [0, 0.1) is 5.92 Å². The molecule has 23 heavy (non-hydrogen) atoms. The lowest BCUT2D eigenvalue weighted by Crippen LogP contribution is -2.20. The fourth-order valence-corrected chi connectivity index (χ4v) is 3.04. The molecule has 0 saturated carbocycles. The SMILES string of the molecule is Cn1nnnc1SCC(=O)Nc1cnn(CC2CCOCC2)c1. The Kier molecular flexibility index (Phi) is 5.23. The zero-order chi connectivity index (χ0) is 16.1. The van der Waals surface area contributed by atoms with Gasteiger partial charge in [0.25, 0.3) is 0 Å². The lowest BCUT2D eigenvalue weighted by molar-refractivity contribution is -0.113. The second-order valence-electron chi connectivity index (χ2n) is 5.43. The zero-order valence-electron chi connectivity index (χ0n) is 12.9. The predicted molar refractivity (Wildman–Crippen MR) is 83.9 cm³/mol. The minimum absolute atomic E-state index is 0.108. The van der Waals surface area contributed by atoms with E-state index in [0.29, 0.717) is 16.8 Å². The summed E-state index contributed by atoms with van der Waals surface area (Å²) >= 11 is 1.29. The Morgan fingerprint density at radius 1 is 1.48 bits per heavy atom. The number of anilines is 1. The smallest absolute Gasteiger partial charge is 0.234 e. The van der Waals surface area contributed by atoms with Gasteiger partial charge in [0.2, 0.25) is 11.1 Å². The molecule has 0 spiro atoms. The number of carbonyl (C=O) groups excluding carboxylic acids is 1. The average Bonchev–Trinajstić information content (AvgIpc) is 3.15. The highest BCUT2D eigenvalue weighted by molar-refractivity contribution is 7.99. The van der Waals surface area contributed by atoms with Gasteiger partial charge < -0.3 is 10.1 Å². The number of aromatic nitrogens is 6. The van der Waals surface area contributed by atoms with E-state index in [1.807, 2.05) is 10.9 Å². The van der Waals surface area contributed by atoms with Crippen molar-refractivity contribution >= 4 is 23.4 Å². The Labute approximate surface area is 137 Å². The van der Waals surface area contributed by atoms with Crippen LogP contribution >= 0.6 is 11.8 Å². The first-order valence-corrected chi connectivity index (χ1v) is 8.44. The van der Waals surface area contributed by atoms with Crippen LogP contribution in [0.25, 0.3) is 0 Å². The summed E-state index contributed by atoms with van der Waals surface area (Å²) in [5.74, 6) is 0.731. The number of nitrogens with one attached hydrogen (secondary N) is 1. The van der Waals surface area contributed by atoms with Crippen molar-refractivity contribution in [2.45, 2.75) is 24.5 Å². The number of aryl methyl sites for hydroxylation is 1. The van der Waals surface area contributed by atoms with Crippen molar-refractivity contribution in [3.8, 4) is 0 Å². The molecule has 124 valence electrons. The summed E-state index contributed by atoms with van der Waals surface area (Å²) in [6.07, 6.45) is 5.65. The van der Waals surface area contributed by atoms with Crippen molar-refractivity contribution in [3.05, 3.63) is 12.4 Å². The molecule has 1 N–H and O–H groups in total. The quantitative estimate of drug-likeness (QED) is 0.769. The van der Waals surface area contributed by atoms with Gasteiger partial charge in [-0.3, -0.25) is 9.48 Å². The van der Waals surface area contributed by atoms with Crippen LogP contribution in [0.5, 0.6) is 0 Å². The first kappa shape index (κ1) is 15.9. The summed E-state index contributed by atoms with van der Waals surface area (Å²) in [5.41, 5.74) is 0.707. The molecule has 0 aliphatic carbocycles. The van der Waals surface area contributed by atoms with E-state index in [1.165, 1.54) is 16.4 Å². The lowest BCUT2D eigenvalue weighted by Gasteiger charge is -2.21. The van der Waals surface area contributed by atoms with Crippen LogP contribution in [0.15, 0.2) is 17.6 Å². The summed E-state index contributed by atoms with van der Waals surface area (Å²) in [5, 5.41) is 18.8. The van der Waals surface area contributed by atoms with Gasteiger partial charge in [-0.1, -0.05) is 11.8 Å². The van der Waals surface area contributed by atoms with Gasteiger partial charge >= 0.3 is 0 Å².